The highest BCUT2D eigenvalue weighted by molar-refractivity contribution is 5.79. The molecule has 124 valence electrons. The van der Waals surface area contributed by atoms with Crippen LogP contribution in [0.3, 0.4) is 0 Å². The van der Waals surface area contributed by atoms with Gasteiger partial charge in [0.25, 0.3) is 0 Å². The summed E-state index contributed by atoms with van der Waals surface area (Å²) in [5.41, 5.74) is 1.90. The van der Waals surface area contributed by atoms with Gasteiger partial charge in [-0.15, -0.1) is 0 Å². The maximum Gasteiger partial charge on any atom is 0.126 e. The number of pyridine rings is 1. The minimum atomic E-state index is -0.452. The topological polar surface area (TPSA) is 51.6 Å². The second-order valence-electron chi connectivity index (χ2n) is 5.63. The van der Waals surface area contributed by atoms with Gasteiger partial charge in [0.15, 0.2) is 0 Å². The minimum absolute atomic E-state index is 0.287. The maximum atomic E-state index is 9.66. The first-order valence-corrected chi connectivity index (χ1v) is 8.12. The number of ether oxygens (including phenoxy) is 2. The Hall–Kier alpha value is -2.59. The molecule has 1 aromatic heterocycles. The number of benzene rings is 2. The summed E-state index contributed by atoms with van der Waals surface area (Å²) in [6.45, 7) is 2.62. The van der Waals surface area contributed by atoms with E-state index in [9.17, 15) is 5.11 Å². The molecule has 1 atom stereocenters. The van der Waals surface area contributed by atoms with Gasteiger partial charge in [-0.3, -0.25) is 4.98 Å². The molecule has 0 aliphatic rings. The monoisotopic (exact) mass is 323 g/mol. The molecule has 0 saturated carbocycles. The SMILES string of the molecule is CCC(O)COc1ccccc1COc1ccc2ncccc2c1. The standard InChI is InChI=1S/C20H21NO3/c1-2-17(22)14-24-20-8-4-3-6-16(20)13-23-18-9-10-19-15(12-18)7-5-11-21-19/h3-12,17,22H,2,13-14H2,1H3. The van der Waals surface area contributed by atoms with Crippen LogP contribution in [0.1, 0.15) is 18.9 Å². The van der Waals surface area contributed by atoms with Crippen LogP contribution in [0.4, 0.5) is 0 Å². The predicted octanol–water partition coefficient (Wildman–Crippen LogP) is 3.96. The van der Waals surface area contributed by atoms with Crippen LogP contribution in [0.15, 0.2) is 60.8 Å². The highest BCUT2D eigenvalue weighted by Crippen LogP contribution is 2.23. The minimum Gasteiger partial charge on any atom is -0.490 e. The lowest BCUT2D eigenvalue weighted by Gasteiger charge is -2.14. The summed E-state index contributed by atoms with van der Waals surface area (Å²) in [5, 5.41) is 10.7. The maximum absolute atomic E-state index is 9.66. The molecule has 0 amide bonds. The van der Waals surface area contributed by atoms with E-state index in [0.717, 1.165) is 28.0 Å². The van der Waals surface area contributed by atoms with Crippen LogP contribution >= 0.6 is 0 Å². The van der Waals surface area contributed by atoms with E-state index in [2.05, 4.69) is 4.98 Å². The lowest BCUT2D eigenvalue weighted by atomic mass is 10.2. The average molecular weight is 323 g/mol. The summed E-state index contributed by atoms with van der Waals surface area (Å²) in [7, 11) is 0. The Morgan fingerprint density at radius 2 is 1.92 bits per heavy atom. The van der Waals surface area contributed by atoms with Gasteiger partial charge in [-0.25, -0.2) is 0 Å². The molecule has 1 unspecified atom stereocenters. The zero-order valence-electron chi connectivity index (χ0n) is 13.7. The third kappa shape index (κ3) is 4.03. The Balaban J connectivity index is 1.69. The molecule has 0 radical (unpaired) electrons. The first-order chi connectivity index (χ1) is 11.8. The van der Waals surface area contributed by atoms with E-state index in [1.165, 1.54) is 0 Å². The van der Waals surface area contributed by atoms with E-state index in [4.69, 9.17) is 9.47 Å². The van der Waals surface area contributed by atoms with Gasteiger partial charge in [0.05, 0.1) is 11.6 Å². The van der Waals surface area contributed by atoms with Gasteiger partial charge in [0.1, 0.15) is 24.7 Å². The van der Waals surface area contributed by atoms with Gasteiger partial charge in [-0.1, -0.05) is 31.2 Å². The third-order valence-corrected chi connectivity index (χ3v) is 3.84. The largest absolute Gasteiger partial charge is 0.490 e. The summed E-state index contributed by atoms with van der Waals surface area (Å²) in [4.78, 5) is 4.30. The van der Waals surface area contributed by atoms with Gasteiger partial charge in [-0.2, -0.15) is 0 Å². The number of aromatic nitrogens is 1. The molecule has 24 heavy (non-hydrogen) atoms. The zero-order chi connectivity index (χ0) is 16.8. The molecule has 0 fully saturated rings. The summed E-state index contributed by atoms with van der Waals surface area (Å²) in [5.74, 6) is 1.53. The molecule has 4 nitrogen and oxygen atoms in total. The molecular weight excluding hydrogens is 302 g/mol. The second-order valence-corrected chi connectivity index (χ2v) is 5.63. The Bertz CT molecular complexity index is 804. The van der Waals surface area contributed by atoms with E-state index < -0.39 is 6.10 Å². The Morgan fingerprint density at radius 3 is 2.79 bits per heavy atom. The lowest BCUT2D eigenvalue weighted by molar-refractivity contribution is 0.103. The number of aliphatic hydroxyl groups is 1. The molecule has 3 aromatic rings. The summed E-state index contributed by atoms with van der Waals surface area (Å²) in [6.07, 6.45) is 2.00. The molecule has 0 saturated heterocycles. The number of fused-ring (bicyclic) bond motifs is 1. The number of hydrogen-bond acceptors (Lipinski definition) is 4. The fourth-order valence-corrected chi connectivity index (χ4v) is 2.37. The van der Waals surface area contributed by atoms with Crippen molar-refractivity contribution in [1.29, 1.82) is 0 Å². The smallest absolute Gasteiger partial charge is 0.126 e. The highest BCUT2D eigenvalue weighted by Gasteiger charge is 2.07. The molecule has 2 aromatic carbocycles. The molecule has 1 N–H and O–H groups in total. The van der Waals surface area contributed by atoms with Crippen molar-refractivity contribution in [3.05, 3.63) is 66.4 Å². The average Bonchev–Trinajstić information content (AvgIpc) is 2.64. The van der Waals surface area contributed by atoms with Crippen molar-refractivity contribution < 1.29 is 14.6 Å². The fourth-order valence-electron chi connectivity index (χ4n) is 2.37. The van der Waals surface area contributed by atoms with E-state index in [0.29, 0.717) is 13.0 Å². The van der Waals surface area contributed by atoms with Crippen molar-refractivity contribution in [3.63, 3.8) is 0 Å². The van der Waals surface area contributed by atoms with Crippen molar-refractivity contribution in [3.8, 4) is 11.5 Å². The molecule has 1 heterocycles. The summed E-state index contributed by atoms with van der Waals surface area (Å²) in [6, 6.07) is 17.5. The van der Waals surface area contributed by atoms with Gasteiger partial charge in [0, 0.05) is 17.1 Å². The van der Waals surface area contributed by atoms with Crippen LogP contribution in [0.25, 0.3) is 10.9 Å². The van der Waals surface area contributed by atoms with Crippen molar-refractivity contribution in [1.82, 2.24) is 4.98 Å². The Labute approximate surface area is 141 Å². The van der Waals surface area contributed by atoms with Gasteiger partial charge >= 0.3 is 0 Å². The van der Waals surface area contributed by atoms with Crippen LogP contribution in [0.2, 0.25) is 0 Å². The van der Waals surface area contributed by atoms with E-state index in [-0.39, 0.29) is 6.61 Å². The summed E-state index contributed by atoms with van der Waals surface area (Å²) < 4.78 is 11.6. The molecular formula is C20H21NO3. The lowest BCUT2D eigenvalue weighted by Crippen LogP contribution is -2.16. The van der Waals surface area contributed by atoms with Crippen LogP contribution < -0.4 is 9.47 Å². The number of nitrogens with zero attached hydrogens (tertiary/aromatic N) is 1. The first-order valence-electron chi connectivity index (χ1n) is 8.12. The van der Waals surface area contributed by atoms with E-state index in [1.54, 1.807) is 6.20 Å². The van der Waals surface area contributed by atoms with Crippen molar-refractivity contribution >= 4 is 10.9 Å². The van der Waals surface area contributed by atoms with Gasteiger partial charge in [0.2, 0.25) is 0 Å². The van der Waals surface area contributed by atoms with Crippen molar-refractivity contribution in [2.24, 2.45) is 0 Å². The normalized spacial score (nSPS) is 12.1. The van der Waals surface area contributed by atoms with Crippen LogP contribution in [0, 0.1) is 0 Å². The molecule has 0 aliphatic heterocycles. The molecule has 4 heteroatoms. The van der Waals surface area contributed by atoms with Crippen LogP contribution in [-0.4, -0.2) is 22.8 Å². The van der Waals surface area contributed by atoms with Crippen LogP contribution in [0.5, 0.6) is 11.5 Å². The number of hydrogen-bond donors (Lipinski definition) is 1. The van der Waals surface area contributed by atoms with Gasteiger partial charge < -0.3 is 14.6 Å². The summed E-state index contributed by atoms with van der Waals surface area (Å²) >= 11 is 0. The van der Waals surface area contributed by atoms with Crippen LogP contribution in [-0.2, 0) is 6.61 Å². The fraction of sp³-hybridized carbons (Fsp3) is 0.250. The first kappa shape index (κ1) is 16.3. The van der Waals surface area contributed by atoms with E-state index >= 15 is 0 Å². The zero-order valence-corrected chi connectivity index (χ0v) is 13.7. The molecule has 0 spiro atoms. The quantitative estimate of drug-likeness (QED) is 0.715. The number of aliphatic hydroxyl groups excluding tert-OH is 1. The second kappa shape index (κ2) is 7.79. The van der Waals surface area contributed by atoms with Crippen molar-refractivity contribution in [2.75, 3.05) is 6.61 Å². The van der Waals surface area contributed by atoms with Crippen molar-refractivity contribution in [2.45, 2.75) is 26.1 Å². The third-order valence-electron chi connectivity index (χ3n) is 3.84. The number of para-hydroxylation sites is 1. The molecule has 0 bridgehead atoms. The predicted molar refractivity (Wildman–Crippen MR) is 94.3 cm³/mol. The number of rotatable bonds is 7. The van der Waals surface area contributed by atoms with Gasteiger partial charge in [-0.05, 0) is 36.8 Å². The Morgan fingerprint density at radius 1 is 1.04 bits per heavy atom. The molecule has 0 aliphatic carbocycles. The van der Waals surface area contributed by atoms with E-state index in [1.807, 2.05) is 61.5 Å². The Kier molecular flexibility index (Phi) is 5.29. The molecule has 3 rings (SSSR count). The highest BCUT2D eigenvalue weighted by atomic mass is 16.5.